The highest BCUT2D eigenvalue weighted by atomic mass is 35.5. The van der Waals surface area contributed by atoms with Gasteiger partial charge in [-0.2, -0.15) is 5.26 Å². The van der Waals surface area contributed by atoms with Crippen molar-refractivity contribution in [2.24, 2.45) is 0 Å². The van der Waals surface area contributed by atoms with E-state index in [-0.39, 0.29) is 6.54 Å². The van der Waals surface area contributed by atoms with Crippen molar-refractivity contribution in [3.8, 4) is 6.07 Å². The smallest absolute Gasteiger partial charge is 0.255 e. The van der Waals surface area contributed by atoms with E-state index in [4.69, 9.17) is 16.9 Å². The van der Waals surface area contributed by atoms with Gasteiger partial charge >= 0.3 is 0 Å². The predicted molar refractivity (Wildman–Crippen MR) is 49.3 cm³/mol. The van der Waals surface area contributed by atoms with Crippen LogP contribution in [-0.2, 0) is 0 Å². The number of nitrogens with one attached hydrogen (secondary N) is 1. The van der Waals surface area contributed by atoms with E-state index in [2.05, 4.69) is 5.32 Å². The third-order valence-corrected chi connectivity index (χ3v) is 1.87. The molecule has 0 unspecified atom stereocenters. The number of nitrogens with zero attached hydrogens (tertiary/aromatic N) is 1. The van der Waals surface area contributed by atoms with Crippen LogP contribution in [0.3, 0.4) is 0 Å². The quantitative estimate of drug-likeness (QED) is 0.623. The zero-order valence-corrected chi connectivity index (χ0v) is 8.11. The molecule has 1 aromatic carbocycles. The molecule has 3 nitrogen and oxygen atoms in total. The fraction of sp³-hybridized carbons (Fsp3) is 0.111. The van der Waals surface area contributed by atoms with E-state index in [1.54, 1.807) is 6.07 Å². The Morgan fingerprint density at radius 3 is 2.73 bits per heavy atom. The van der Waals surface area contributed by atoms with Crippen molar-refractivity contribution < 1.29 is 13.6 Å². The molecule has 1 rings (SSSR count). The number of carbonyl (C=O) groups excluding carboxylic acids is 1. The summed E-state index contributed by atoms with van der Waals surface area (Å²) < 4.78 is 26.0. The fourth-order valence-electron chi connectivity index (χ4n) is 0.912. The molecule has 0 heterocycles. The van der Waals surface area contributed by atoms with Crippen LogP contribution in [0.2, 0.25) is 5.02 Å². The van der Waals surface area contributed by atoms with Crippen LogP contribution >= 0.6 is 11.6 Å². The Morgan fingerprint density at radius 2 is 2.13 bits per heavy atom. The molecule has 0 radical (unpaired) electrons. The highest BCUT2D eigenvalue weighted by molar-refractivity contribution is 6.30. The lowest BCUT2D eigenvalue weighted by molar-refractivity contribution is 0.0954. The molecule has 15 heavy (non-hydrogen) atoms. The molecule has 1 aromatic rings. The summed E-state index contributed by atoms with van der Waals surface area (Å²) in [6.45, 7) is -0.275. The first-order valence-electron chi connectivity index (χ1n) is 3.86. The third-order valence-electron chi connectivity index (χ3n) is 1.58. The number of halogens is 3. The van der Waals surface area contributed by atoms with Gasteiger partial charge in [0, 0.05) is 0 Å². The van der Waals surface area contributed by atoms with Crippen molar-refractivity contribution in [1.82, 2.24) is 5.32 Å². The second-order valence-corrected chi connectivity index (χ2v) is 2.99. The molecule has 0 aromatic heterocycles. The van der Waals surface area contributed by atoms with Gasteiger partial charge in [0.25, 0.3) is 5.91 Å². The van der Waals surface area contributed by atoms with Crippen LogP contribution in [0.1, 0.15) is 10.4 Å². The van der Waals surface area contributed by atoms with Crippen LogP contribution in [0.15, 0.2) is 12.1 Å². The Bertz CT molecular complexity index is 442. The van der Waals surface area contributed by atoms with Crippen molar-refractivity contribution in [3.05, 3.63) is 34.4 Å². The number of carbonyl (C=O) groups is 1. The summed E-state index contributed by atoms with van der Waals surface area (Å²) in [7, 11) is 0. The van der Waals surface area contributed by atoms with E-state index in [1.165, 1.54) is 0 Å². The number of rotatable bonds is 2. The largest absolute Gasteiger partial charge is 0.339 e. The Morgan fingerprint density at radius 1 is 1.47 bits per heavy atom. The van der Waals surface area contributed by atoms with E-state index in [1.807, 2.05) is 0 Å². The lowest BCUT2D eigenvalue weighted by Crippen LogP contribution is -2.24. The molecule has 0 aliphatic heterocycles. The van der Waals surface area contributed by atoms with Gasteiger partial charge in [-0.25, -0.2) is 8.78 Å². The first-order chi connectivity index (χ1) is 7.06. The summed E-state index contributed by atoms with van der Waals surface area (Å²) in [6.07, 6.45) is 0. The van der Waals surface area contributed by atoms with Crippen LogP contribution < -0.4 is 5.32 Å². The summed E-state index contributed by atoms with van der Waals surface area (Å²) in [5.41, 5.74) is -0.479. The van der Waals surface area contributed by atoms with E-state index in [0.29, 0.717) is 12.1 Å². The van der Waals surface area contributed by atoms with E-state index < -0.39 is 28.1 Å². The predicted octanol–water partition coefficient (Wildman–Crippen LogP) is 1.87. The van der Waals surface area contributed by atoms with Gasteiger partial charge in [-0.3, -0.25) is 4.79 Å². The first kappa shape index (κ1) is 11.4. The first-order valence-corrected chi connectivity index (χ1v) is 4.23. The molecular formula is C9H5ClF2N2O. The van der Waals surface area contributed by atoms with Gasteiger partial charge in [0.2, 0.25) is 0 Å². The molecule has 78 valence electrons. The van der Waals surface area contributed by atoms with Crippen molar-refractivity contribution in [1.29, 1.82) is 5.26 Å². The molecule has 0 saturated heterocycles. The van der Waals surface area contributed by atoms with Gasteiger partial charge in [-0.05, 0) is 12.1 Å². The van der Waals surface area contributed by atoms with Crippen molar-refractivity contribution in [3.63, 3.8) is 0 Å². The lowest BCUT2D eigenvalue weighted by atomic mass is 10.2. The zero-order valence-electron chi connectivity index (χ0n) is 7.35. The Balaban J connectivity index is 3.00. The van der Waals surface area contributed by atoms with Crippen LogP contribution in [0.4, 0.5) is 8.78 Å². The van der Waals surface area contributed by atoms with Crippen molar-refractivity contribution >= 4 is 17.5 Å². The summed E-state index contributed by atoms with van der Waals surface area (Å²) in [6, 6.07) is 3.03. The van der Waals surface area contributed by atoms with Crippen molar-refractivity contribution in [2.45, 2.75) is 0 Å². The van der Waals surface area contributed by atoms with Crippen molar-refractivity contribution in [2.75, 3.05) is 6.54 Å². The van der Waals surface area contributed by atoms with E-state index in [9.17, 15) is 13.6 Å². The maximum atomic E-state index is 13.1. The molecule has 1 amide bonds. The molecular weight excluding hydrogens is 226 g/mol. The van der Waals surface area contributed by atoms with Gasteiger partial charge in [0.05, 0.1) is 16.7 Å². The molecule has 0 bridgehead atoms. The minimum absolute atomic E-state index is 0.275. The Labute approximate surface area is 89.3 Å². The summed E-state index contributed by atoms with van der Waals surface area (Å²) in [5, 5.41) is 9.86. The normalized spacial score (nSPS) is 9.47. The standard InChI is InChI=1S/C9H5ClF2N2O/c10-6-4-7(11)5(3-8(6)12)9(15)14-2-1-13/h3-4H,2H2,(H,14,15). The molecule has 0 fully saturated rings. The van der Waals surface area contributed by atoms with Gasteiger partial charge < -0.3 is 5.32 Å². The van der Waals surface area contributed by atoms with Gasteiger partial charge in [-0.15, -0.1) is 0 Å². The van der Waals surface area contributed by atoms with Gasteiger partial charge in [0.1, 0.15) is 18.2 Å². The van der Waals surface area contributed by atoms with E-state index in [0.717, 1.165) is 0 Å². The highest BCUT2D eigenvalue weighted by Crippen LogP contribution is 2.19. The molecule has 0 spiro atoms. The average Bonchev–Trinajstić information content (AvgIpc) is 2.20. The Kier molecular flexibility index (Phi) is 3.58. The maximum absolute atomic E-state index is 13.1. The van der Waals surface area contributed by atoms with Crippen LogP contribution in [0.5, 0.6) is 0 Å². The zero-order chi connectivity index (χ0) is 11.4. The lowest BCUT2D eigenvalue weighted by Gasteiger charge is -2.03. The fourth-order valence-corrected chi connectivity index (χ4v) is 1.06. The molecule has 0 aliphatic rings. The SMILES string of the molecule is N#CCNC(=O)c1cc(F)c(Cl)cc1F. The Hall–Kier alpha value is -1.67. The van der Waals surface area contributed by atoms with Crippen LogP contribution in [0.25, 0.3) is 0 Å². The van der Waals surface area contributed by atoms with Gasteiger partial charge in [0.15, 0.2) is 0 Å². The second-order valence-electron chi connectivity index (χ2n) is 2.59. The average molecular weight is 231 g/mol. The summed E-state index contributed by atoms with van der Waals surface area (Å²) >= 11 is 5.30. The minimum Gasteiger partial charge on any atom is -0.339 e. The minimum atomic E-state index is -0.933. The topological polar surface area (TPSA) is 52.9 Å². The van der Waals surface area contributed by atoms with Gasteiger partial charge in [-0.1, -0.05) is 11.6 Å². The number of benzene rings is 1. The monoisotopic (exact) mass is 230 g/mol. The number of amides is 1. The summed E-state index contributed by atoms with van der Waals surface area (Å²) in [5.74, 6) is -2.68. The molecule has 0 aliphatic carbocycles. The number of hydrogen-bond acceptors (Lipinski definition) is 2. The van der Waals surface area contributed by atoms with Crippen LogP contribution in [0, 0.1) is 23.0 Å². The molecule has 6 heteroatoms. The number of nitriles is 1. The maximum Gasteiger partial charge on any atom is 0.255 e. The number of hydrogen-bond donors (Lipinski definition) is 1. The second kappa shape index (κ2) is 4.71. The van der Waals surface area contributed by atoms with E-state index >= 15 is 0 Å². The van der Waals surface area contributed by atoms with Crippen LogP contribution in [-0.4, -0.2) is 12.5 Å². The third kappa shape index (κ3) is 2.64. The molecule has 0 atom stereocenters. The molecule has 1 N–H and O–H groups in total. The molecule has 0 saturated carbocycles. The summed E-state index contributed by atoms with van der Waals surface area (Å²) in [4.78, 5) is 11.2. The highest BCUT2D eigenvalue weighted by Gasteiger charge is 2.14.